The van der Waals surface area contributed by atoms with Gasteiger partial charge in [0.25, 0.3) is 0 Å². The summed E-state index contributed by atoms with van der Waals surface area (Å²) < 4.78 is 38.8. The van der Waals surface area contributed by atoms with E-state index in [0.29, 0.717) is 0 Å². The maximum Gasteiger partial charge on any atom is 0.324 e. The van der Waals surface area contributed by atoms with Crippen LogP contribution in [0.4, 0.5) is 0 Å². The van der Waals surface area contributed by atoms with Gasteiger partial charge in [-0.1, -0.05) is 0 Å². The zero-order valence-electron chi connectivity index (χ0n) is 23.7. The first-order chi connectivity index (χ1) is 14.4. The van der Waals surface area contributed by atoms with Crippen LogP contribution in [0.5, 0.6) is 0 Å². The lowest BCUT2D eigenvalue weighted by Gasteiger charge is -2.51. The molecule has 1 aliphatic heterocycles. The molecular weight excluding hydrogens is 505 g/mol. The Balaban J connectivity index is 3.62. The van der Waals surface area contributed by atoms with Crippen molar-refractivity contribution >= 4 is 47.6 Å². The molecule has 5 atom stereocenters. The van der Waals surface area contributed by atoms with E-state index in [4.69, 9.17) is 26.9 Å². The molecule has 0 aromatic carbocycles. The molecule has 0 N–H and O–H groups in total. The summed E-state index contributed by atoms with van der Waals surface area (Å²) in [5, 5.41) is 0. The summed E-state index contributed by atoms with van der Waals surface area (Å²) in [5.74, 6) is -0.391. The van der Waals surface area contributed by atoms with Gasteiger partial charge in [-0.15, -0.1) is 0 Å². The van der Waals surface area contributed by atoms with Crippen molar-refractivity contribution < 1.29 is 31.7 Å². The Morgan fingerprint density at radius 2 is 0.879 bits per heavy atom. The highest BCUT2D eigenvalue weighted by atomic mass is 28.4. The van der Waals surface area contributed by atoms with E-state index in [1.165, 1.54) is 0 Å². The maximum absolute atomic E-state index is 13.4. The van der Waals surface area contributed by atoms with Crippen LogP contribution in [-0.4, -0.2) is 78.3 Å². The summed E-state index contributed by atoms with van der Waals surface area (Å²) in [5.41, 5.74) is 0. The van der Waals surface area contributed by atoms with E-state index in [1.807, 2.05) is 19.6 Å². The molecule has 196 valence electrons. The second-order valence-corrected chi connectivity index (χ2v) is 36.0. The monoisotopic (exact) mass is 554 g/mol. The van der Waals surface area contributed by atoms with E-state index < -0.39 is 78.3 Å². The number of hydrogen-bond donors (Lipinski definition) is 0. The largest absolute Gasteiger partial charge is 0.518 e. The van der Waals surface area contributed by atoms with Crippen molar-refractivity contribution in [3.8, 4) is 0 Å². The van der Waals surface area contributed by atoms with E-state index in [9.17, 15) is 4.79 Å². The summed E-state index contributed by atoms with van der Waals surface area (Å²) in [7, 11) is -10.3. The Labute approximate surface area is 207 Å². The van der Waals surface area contributed by atoms with Gasteiger partial charge in [-0.3, -0.25) is 4.79 Å². The van der Waals surface area contributed by atoms with Crippen LogP contribution in [0, 0.1) is 0 Å². The van der Waals surface area contributed by atoms with Crippen LogP contribution < -0.4 is 0 Å². The molecule has 0 bridgehead atoms. The number of carbonyl (C=O) groups is 1. The first-order valence-corrected chi connectivity index (χ1v) is 29.0. The number of ether oxygens (including phenoxy) is 1. The average molecular weight is 555 g/mol. The second kappa shape index (κ2) is 10.8. The van der Waals surface area contributed by atoms with Gasteiger partial charge in [-0.05, 0) is 98.2 Å². The molecule has 1 aliphatic rings. The third-order valence-electron chi connectivity index (χ3n) is 4.07. The standard InChI is InChI=1S/C21H50O7Si5/c1-29(2,3)24-16-17(25-30(4,5)6)19(26-31(7,8)9)21(28-33(13,14)15)23-18(16)20(22)27-32(10,11)12/h16-19,21H,1-15H3/t16-,17-,18-,19+,21-/m0/s1. The van der Waals surface area contributed by atoms with Gasteiger partial charge in [0.05, 0.1) is 0 Å². The van der Waals surface area contributed by atoms with Crippen molar-refractivity contribution in [1.82, 2.24) is 0 Å². The molecule has 12 heteroatoms. The minimum atomic E-state index is -2.15. The Kier molecular flexibility index (Phi) is 10.2. The van der Waals surface area contributed by atoms with Gasteiger partial charge < -0.3 is 26.9 Å². The third kappa shape index (κ3) is 12.2. The second-order valence-electron chi connectivity index (χ2n) is 13.8. The van der Waals surface area contributed by atoms with Crippen molar-refractivity contribution in [2.75, 3.05) is 0 Å². The fourth-order valence-corrected chi connectivity index (χ4v) is 8.24. The minimum Gasteiger partial charge on any atom is -0.518 e. The van der Waals surface area contributed by atoms with Gasteiger partial charge in [-0.2, -0.15) is 0 Å². The lowest BCUT2D eigenvalue weighted by Crippen LogP contribution is -2.68. The number of hydrogen-bond acceptors (Lipinski definition) is 7. The highest BCUT2D eigenvalue weighted by Crippen LogP contribution is 2.35. The molecule has 0 amide bonds. The molecule has 0 saturated carbocycles. The Morgan fingerprint density at radius 1 is 0.515 bits per heavy atom. The molecule has 1 heterocycles. The molecule has 33 heavy (non-hydrogen) atoms. The number of rotatable bonds is 10. The van der Waals surface area contributed by atoms with Crippen LogP contribution in [0.3, 0.4) is 0 Å². The van der Waals surface area contributed by atoms with Gasteiger partial charge >= 0.3 is 5.97 Å². The lowest BCUT2D eigenvalue weighted by molar-refractivity contribution is -0.262. The van der Waals surface area contributed by atoms with E-state index in [-0.39, 0.29) is 0 Å². The fraction of sp³-hybridized carbons (Fsp3) is 0.952. The predicted octanol–water partition coefficient (Wildman–Crippen LogP) is 5.60. The van der Waals surface area contributed by atoms with Crippen LogP contribution in [0.2, 0.25) is 98.2 Å². The predicted molar refractivity (Wildman–Crippen MR) is 147 cm³/mol. The van der Waals surface area contributed by atoms with Gasteiger partial charge in [-0.25, -0.2) is 0 Å². The molecular formula is C21H50O7Si5. The van der Waals surface area contributed by atoms with Crippen LogP contribution in [0.25, 0.3) is 0 Å². The first kappa shape index (κ1) is 31.4. The highest BCUT2D eigenvalue weighted by Gasteiger charge is 2.55. The fourth-order valence-electron chi connectivity index (χ4n) is 3.42. The maximum atomic E-state index is 13.4. The van der Waals surface area contributed by atoms with Crippen LogP contribution in [-0.2, 0) is 31.7 Å². The van der Waals surface area contributed by atoms with Crippen molar-refractivity contribution in [2.24, 2.45) is 0 Å². The van der Waals surface area contributed by atoms with Crippen molar-refractivity contribution in [2.45, 2.75) is 129 Å². The lowest BCUT2D eigenvalue weighted by atomic mass is 9.99. The van der Waals surface area contributed by atoms with Gasteiger partial charge in [0.15, 0.2) is 45.7 Å². The van der Waals surface area contributed by atoms with Gasteiger partial charge in [0.1, 0.15) is 18.3 Å². The molecule has 0 aromatic heterocycles. The topological polar surface area (TPSA) is 72.5 Å². The highest BCUT2D eigenvalue weighted by molar-refractivity contribution is 6.72. The third-order valence-corrected chi connectivity index (χ3v) is 8.76. The average Bonchev–Trinajstić information content (AvgIpc) is 2.45. The summed E-state index contributed by atoms with van der Waals surface area (Å²) in [6, 6.07) is 0. The Morgan fingerprint density at radius 3 is 1.24 bits per heavy atom. The quantitative estimate of drug-likeness (QED) is 0.325. The SMILES string of the molecule is C[Si](C)(C)OC(=O)[C@H]1O[C@@H](O[Si](C)(C)C)[C@H](O[Si](C)(C)C)[C@@H](O[Si](C)(C)C)[C@@H]1O[Si](C)(C)C. The van der Waals surface area contributed by atoms with E-state index >= 15 is 0 Å². The van der Waals surface area contributed by atoms with E-state index in [0.717, 1.165) is 0 Å². The van der Waals surface area contributed by atoms with Crippen molar-refractivity contribution in [3.05, 3.63) is 0 Å². The molecule has 7 nitrogen and oxygen atoms in total. The van der Waals surface area contributed by atoms with E-state index in [2.05, 4.69) is 78.6 Å². The van der Waals surface area contributed by atoms with Crippen molar-refractivity contribution in [3.63, 3.8) is 0 Å². The molecule has 0 aromatic rings. The van der Waals surface area contributed by atoms with Crippen LogP contribution >= 0.6 is 0 Å². The molecule has 1 saturated heterocycles. The molecule has 0 radical (unpaired) electrons. The number of carbonyl (C=O) groups excluding carboxylic acids is 1. The summed E-state index contributed by atoms with van der Waals surface area (Å²) >= 11 is 0. The summed E-state index contributed by atoms with van der Waals surface area (Å²) in [6.07, 6.45) is -3.22. The molecule has 0 spiro atoms. The van der Waals surface area contributed by atoms with Crippen LogP contribution in [0.15, 0.2) is 0 Å². The summed E-state index contributed by atoms with van der Waals surface area (Å²) in [4.78, 5) is 13.4. The minimum absolute atomic E-state index is 0.391. The zero-order chi connectivity index (χ0) is 26.2. The van der Waals surface area contributed by atoms with E-state index in [1.54, 1.807) is 0 Å². The smallest absolute Gasteiger partial charge is 0.324 e. The Bertz CT molecular complexity index is 656. The molecule has 0 unspecified atom stereocenters. The molecule has 1 fully saturated rings. The molecule has 1 rings (SSSR count). The zero-order valence-corrected chi connectivity index (χ0v) is 28.7. The Hall–Kier alpha value is 0.354. The van der Waals surface area contributed by atoms with Crippen LogP contribution in [0.1, 0.15) is 0 Å². The van der Waals surface area contributed by atoms with Gasteiger partial charge in [0, 0.05) is 0 Å². The normalized spacial score (nSPS) is 28.0. The van der Waals surface area contributed by atoms with Crippen molar-refractivity contribution in [1.29, 1.82) is 0 Å². The van der Waals surface area contributed by atoms with Gasteiger partial charge in [0.2, 0.25) is 8.32 Å². The molecule has 0 aliphatic carbocycles. The first-order valence-electron chi connectivity index (χ1n) is 12.0. The summed E-state index contributed by atoms with van der Waals surface area (Å²) in [6.45, 7) is 31.5.